The highest BCUT2D eigenvalue weighted by Gasteiger charge is 2.14. The van der Waals surface area contributed by atoms with Crippen LogP contribution in [0.5, 0.6) is 0 Å². The molecule has 3 aromatic rings. The van der Waals surface area contributed by atoms with E-state index in [2.05, 4.69) is 25.9 Å². The van der Waals surface area contributed by atoms with Crippen LogP contribution in [0.1, 0.15) is 17.5 Å². The molecule has 0 saturated carbocycles. The summed E-state index contributed by atoms with van der Waals surface area (Å²) >= 11 is 3.41. The second-order valence-electron chi connectivity index (χ2n) is 4.10. The number of fused-ring (bicyclic) bond motifs is 1. The van der Waals surface area contributed by atoms with Crippen molar-refractivity contribution < 1.29 is 5.11 Å². The van der Waals surface area contributed by atoms with Gasteiger partial charge < -0.3 is 10.1 Å². The van der Waals surface area contributed by atoms with Crippen LogP contribution in [0.2, 0.25) is 0 Å². The van der Waals surface area contributed by atoms with E-state index in [0.29, 0.717) is 5.82 Å². The first kappa shape index (κ1) is 11.4. The number of imidazole rings is 1. The summed E-state index contributed by atoms with van der Waals surface area (Å²) in [4.78, 5) is 7.55. The van der Waals surface area contributed by atoms with Crippen LogP contribution in [0.15, 0.2) is 53.0 Å². The molecular weight excluding hydrogens is 292 g/mol. The standard InChI is InChI=1S/C14H11BrN2O/c15-10-6-7-11-12(8-10)17-14(16-11)13(18)9-4-2-1-3-5-9/h1-8,13,18H,(H,16,17)/t13-/m1/s1. The fraction of sp³-hybridized carbons (Fsp3) is 0.0714. The molecule has 3 nitrogen and oxygen atoms in total. The summed E-state index contributed by atoms with van der Waals surface area (Å²) in [5, 5.41) is 10.3. The number of hydrogen-bond donors (Lipinski definition) is 2. The predicted octanol–water partition coefficient (Wildman–Crippen LogP) is 3.41. The molecule has 2 aromatic carbocycles. The molecule has 0 bridgehead atoms. The molecule has 0 aliphatic heterocycles. The molecule has 4 heteroatoms. The molecule has 0 aliphatic rings. The average Bonchev–Trinajstić information content (AvgIpc) is 2.81. The largest absolute Gasteiger partial charge is 0.380 e. The Labute approximate surface area is 113 Å². The number of nitrogens with zero attached hydrogens (tertiary/aromatic N) is 1. The van der Waals surface area contributed by atoms with Crippen LogP contribution in [0.4, 0.5) is 0 Å². The van der Waals surface area contributed by atoms with E-state index in [-0.39, 0.29) is 0 Å². The van der Waals surface area contributed by atoms with Crippen LogP contribution >= 0.6 is 15.9 Å². The van der Waals surface area contributed by atoms with E-state index in [0.717, 1.165) is 21.1 Å². The highest BCUT2D eigenvalue weighted by molar-refractivity contribution is 9.10. The first-order valence-electron chi connectivity index (χ1n) is 5.62. The fourth-order valence-corrected chi connectivity index (χ4v) is 2.29. The summed E-state index contributed by atoms with van der Waals surface area (Å²) in [6, 6.07) is 15.3. The third-order valence-corrected chi connectivity index (χ3v) is 3.33. The highest BCUT2D eigenvalue weighted by Crippen LogP contribution is 2.23. The predicted molar refractivity (Wildman–Crippen MR) is 74.3 cm³/mol. The molecule has 18 heavy (non-hydrogen) atoms. The summed E-state index contributed by atoms with van der Waals surface area (Å²) in [5.74, 6) is 0.564. The van der Waals surface area contributed by atoms with Crippen LogP contribution in [0, 0.1) is 0 Å². The van der Waals surface area contributed by atoms with Gasteiger partial charge in [0.25, 0.3) is 0 Å². The molecule has 3 rings (SSSR count). The number of aliphatic hydroxyl groups is 1. The minimum Gasteiger partial charge on any atom is -0.380 e. The maximum absolute atomic E-state index is 10.3. The Morgan fingerprint density at radius 1 is 1.11 bits per heavy atom. The number of halogens is 1. The van der Waals surface area contributed by atoms with Crippen LogP contribution in [-0.2, 0) is 0 Å². The van der Waals surface area contributed by atoms with Gasteiger partial charge in [-0.3, -0.25) is 0 Å². The zero-order valence-electron chi connectivity index (χ0n) is 9.47. The van der Waals surface area contributed by atoms with Gasteiger partial charge in [-0.1, -0.05) is 46.3 Å². The average molecular weight is 303 g/mol. The number of aromatic amines is 1. The van der Waals surface area contributed by atoms with Crippen molar-refractivity contribution in [2.45, 2.75) is 6.10 Å². The zero-order valence-corrected chi connectivity index (χ0v) is 11.1. The summed E-state index contributed by atoms with van der Waals surface area (Å²) in [5.41, 5.74) is 2.59. The molecule has 0 spiro atoms. The van der Waals surface area contributed by atoms with Crippen LogP contribution < -0.4 is 0 Å². The Kier molecular flexibility index (Phi) is 2.89. The third-order valence-electron chi connectivity index (χ3n) is 2.84. The number of rotatable bonds is 2. The summed E-state index contributed by atoms with van der Waals surface area (Å²) in [6.45, 7) is 0. The molecule has 1 aromatic heterocycles. The lowest BCUT2D eigenvalue weighted by Gasteiger charge is -2.06. The molecule has 1 atom stereocenters. The summed E-state index contributed by atoms with van der Waals surface area (Å²) in [7, 11) is 0. The SMILES string of the molecule is O[C@H](c1ccccc1)c1nc2ccc(Br)cc2[nH]1. The Balaban J connectivity index is 2.04. The van der Waals surface area contributed by atoms with Gasteiger partial charge in [-0.2, -0.15) is 0 Å². The van der Waals surface area contributed by atoms with Crippen molar-refractivity contribution in [3.8, 4) is 0 Å². The Morgan fingerprint density at radius 2 is 1.89 bits per heavy atom. The van der Waals surface area contributed by atoms with E-state index in [4.69, 9.17) is 0 Å². The second-order valence-corrected chi connectivity index (χ2v) is 5.01. The smallest absolute Gasteiger partial charge is 0.140 e. The molecule has 0 saturated heterocycles. The minimum absolute atomic E-state index is 0.564. The molecule has 0 radical (unpaired) electrons. The topological polar surface area (TPSA) is 48.9 Å². The van der Waals surface area contributed by atoms with Crippen molar-refractivity contribution in [3.63, 3.8) is 0 Å². The van der Waals surface area contributed by atoms with Crippen molar-refractivity contribution in [1.82, 2.24) is 9.97 Å². The van der Waals surface area contributed by atoms with Gasteiger partial charge in [0.1, 0.15) is 11.9 Å². The van der Waals surface area contributed by atoms with E-state index >= 15 is 0 Å². The van der Waals surface area contributed by atoms with E-state index in [1.807, 2.05) is 48.5 Å². The van der Waals surface area contributed by atoms with Gasteiger partial charge in [-0.25, -0.2) is 4.98 Å². The summed E-state index contributed by atoms with van der Waals surface area (Å²) < 4.78 is 0.986. The van der Waals surface area contributed by atoms with E-state index in [9.17, 15) is 5.11 Å². The van der Waals surface area contributed by atoms with Crippen molar-refractivity contribution in [2.24, 2.45) is 0 Å². The Morgan fingerprint density at radius 3 is 2.67 bits per heavy atom. The molecule has 0 aliphatic carbocycles. The molecule has 1 heterocycles. The number of aromatic nitrogens is 2. The van der Waals surface area contributed by atoms with E-state index < -0.39 is 6.10 Å². The van der Waals surface area contributed by atoms with Crippen LogP contribution in [0.3, 0.4) is 0 Å². The Bertz CT molecular complexity index is 679. The molecular formula is C14H11BrN2O. The fourth-order valence-electron chi connectivity index (χ4n) is 1.92. The maximum Gasteiger partial charge on any atom is 0.140 e. The van der Waals surface area contributed by atoms with Crippen molar-refractivity contribution in [1.29, 1.82) is 0 Å². The number of hydrogen-bond acceptors (Lipinski definition) is 2. The van der Waals surface area contributed by atoms with Crippen LogP contribution in [-0.4, -0.2) is 15.1 Å². The quantitative estimate of drug-likeness (QED) is 0.762. The molecule has 0 unspecified atom stereocenters. The lowest BCUT2D eigenvalue weighted by molar-refractivity contribution is 0.211. The first-order chi connectivity index (χ1) is 8.74. The van der Waals surface area contributed by atoms with Gasteiger partial charge in [0.2, 0.25) is 0 Å². The van der Waals surface area contributed by atoms with Crippen molar-refractivity contribution in [3.05, 3.63) is 64.4 Å². The number of aliphatic hydroxyl groups excluding tert-OH is 1. The molecule has 0 amide bonds. The van der Waals surface area contributed by atoms with E-state index in [1.54, 1.807) is 0 Å². The lowest BCUT2D eigenvalue weighted by atomic mass is 10.1. The van der Waals surface area contributed by atoms with Crippen LogP contribution in [0.25, 0.3) is 11.0 Å². The van der Waals surface area contributed by atoms with Crippen molar-refractivity contribution in [2.75, 3.05) is 0 Å². The molecule has 90 valence electrons. The van der Waals surface area contributed by atoms with Gasteiger partial charge in [-0.15, -0.1) is 0 Å². The lowest BCUT2D eigenvalue weighted by Crippen LogP contribution is -2.01. The summed E-state index contributed by atoms with van der Waals surface area (Å²) in [6.07, 6.45) is -0.725. The van der Waals surface area contributed by atoms with Crippen molar-refractivity contribution >= 4 is 27.0 Å². The zero-order chi connectivity index (χ0) is 12.5. The Hall–Kier alpha value is -1.65. The molecule has 0 fully saturated rings. The maximum atomic E-state index is 10.3. The third kappa shape index (κ3) is 2.05. The van der Waals surface area contributed by atoms with Gasteiger partial charge in [0.05, 0.1) is 11.0 Å². The number of benzene rings is 2. The van der Waals surface area contributed by atoms with Gasteiger partial charge in [0.15, 0.2) is 0 Å². The van der Waals surface area contributed by atoms with Gasteiger partial charge in [0, 0.05) is 4.47 Å². The molecule has 2 N–H and O–H groups in total. The second kappa shape index (κ2) is 4.55. The first-order valence-corrected chi connectivity index (χ1v) is 6.41. The van der Waals surface area contributed by atoms with Gasteiger partial charge in [-0.05, 0) is 23.8 Å². The number of H-pyrrole nitrogens is 1. The minimum atomic E-state index is -0.725. The van der Waals surface area contributed by atoms with Gasteiger partial charge >= 0.3 is 0 Å². The monoisotopic (exact) mass is 302 g/mol. The number of nitrogens with one attached hydrogen (secondary N) is 1. The highest BCUT2D eigenvalue weighted by atomic mass is 79.9. The normalized spacial score (nSPS) is 12.8. The van der Waals surface area contributed by atoms with E-state index in [1.165, 1.54) is 0 Å².